The Balaban J connectivity index is 1.81. The quantitative estimate of drug-likeness (QED) is 0.579. The summed E-state index contributed by atoms with van der Waals surface area (Å²) in [6.07, 6.45) is 1.48. The summed E-state index contributed by atoms with van der Waals surface area (Å²) in [5.74, 6) is -1.72. The van der Waals surface area contributed by atoms with E-state index in [1.165, 1.54) is 24.9 Å². The summed E-state index contributed by atoms with van der Waals surface area (Å²) < 4.78 is 4.13. The molecule has 1 aromatic carbocycles. The van der Waals surface area contributed by atoms with Gasteiger partial charge in [0.15, 0.2) is 0 Å². The number of carbonyl (C=O) groups is 3. The molecule has 1 aromatic rings. The van der Waals surface area contributed by atoms with Crippen LogP contribution >= 0.6 is 11.8 Å². The van der Waals surface area contributed by atoms with Gasteiger partial charge in [0.25, 0.3) is 0 Å². The number of hydrogen-bond acceptors (Lipinski definition) is 6. The number of thioether (sulfide) groups is 1. The number of hydrogen-bond donors (Lipinski definition) is 2. The number of fused-ring (bicyclic) bond motifs is 1. The van der Waals surface area contributed by atoms with Gasteiger partial charge < -0.3 is 20.1 Å². The van der Waals surface area contributed by atoms with Gasteiger partial charge in [-0.3, -0.25) is 4.79 Å². The lowest BCUT2D eigenvalue weighted by Crippen LogP contribution is -2.65. The number of methoxy groups -OCH3 is 1. The normalized spacial score (nSPS) is 26.9. The van der Waals surface area contributed by atoms with Gasteiger partial charge in [-0.05, 0) is 19.4 Å². The fraction of sp³-hybridized carbons (Fsp3) is 0.421. The van der Waals surface area contributed by atoms with Crippen molar-refractivity contribution in [2.45, 2.75) is 42.5 Å². The molecule has 2 N–H and O–H groups in total. The lowest BCUT2D eigenvalue weighted by molar-refractivity contribution is -0.145. The van der Waals surface area contributed by atoms with Crippen LogP contribution in [-0.4, -0.2) is 57.2 Å². The monoisotopic (exact) mass is 390 g/mol. The maximum absolute atomic E-state index is 12.5. The van der Waals surface area contributed by atoms with Gasteiger partial charge in [0.05, 0.1) is 19.6 Å². The first-order chi connectivity index (χ1) is 12.7. The van der Waals surface area contributed by atoms with Crippen molar-refractivity contribution in [2.24, 2.45) is 0 Å². The van der Waals surface area contributed by atoms with E-state index >= 15 is 0 Å². The Morgan fingerprint density at radius 2 is 1.96 bits per heavy atom. The molecule has 1 amide bonds. The molecule has 0 unspecified atom stereocenters. The Labute approximate surface area is 161 Å². The number of aliphatic carboxylic acids is 1. The van der Waals surface area contributed by atoms with Crippen LogP contribution < -0.4 is 5.32 Å². The van der Waals surface area contributed by atoms with Crippen molar-refractivity contribution >= 4 is 29.6 Å². The molecular weight excluding hydrogens is 368 g/mol. The third kappa shape index (κ3) is 3.66. The maximum atomic E-state index is 12.5. The van der Waals surface area contributed by atoms with Gasteiger partial charge in [-0.1, -0.05) is 30.3 Å². The van der Waals surface area contributed by atoms with Crippen LogP contribution in [0, 0.1) is 0 Å². The Kier molecular flexibility index (Phi) is 5.19. The van der Waals surface area contributed by atoms with E-state index < -0.39 is 28.8 Å². The van der Waals surface area contributed by atoms with Gasteiger partial charge in [-0.15, -0.1) is 11.8 Å². The Bertz CT molecular complexity index is 793. The molecule has 7 nitrogen and oxygen atoms in total. The molecule has 8 heteroatoms. The highest BCUT2D eigenvalue weighted by Crippen LogP contribution is 2.54. The molecule has 2 saturated heterocycles. The lowest BCUT2D eigenvalue weighted by Gasteiger charge is -2.48. The summed E-state index contributed by atoms with van der Waals surface area (Å²) >= 11 is 1.49. The van der Waals surface area contributed by atoms with E-state index in [1.54, 1.807) is 4.90 Å². The molecule has 0 spiro atoms. The topological polar surface area (TPSA) is 95.9 Å². The zero-order chi connectivity index (χ0) is 19.8. The Morgan fingerprint density at radius 1 is 1.30 bits per heavy atom. The summed E-state index contributed by atoms with van der Waals surface area (Å²) in [6, 6.07) is 8.12. The van der Waals surface area contributed by atoms with Crippen molar-refractivity contribution in [3.8, 4) is 0 Å². The van der Waals surface area contributed by atoms with Gasteiger partial charge in [0, 0.05) is 16.5 Å². The molecule has 3 atom stereocenters. The second-order valence-corrected chi connectivity index (χ2v) is 8.83. The van der Waals surface area contributed by atoms with Crippen molar-refractivity contribution in [1.82, 2.24) is 10.2 Å². The number of esters is 1. The fourth-order valence-electron chi connectivity index (χ4n) is 3.57. The van der Waals surface area contributed by atoms with Crippen LogP contribution in [0.3, 0.4) is 0 Å². The summed E-state index contributed by atoms with van der Waals surface area (Å²) in [7, 11) is 1.26. The van der Waals surface area contributed by atoms with E-state index in [0.717, 1.165) is 5.56 Å². The smallest absolute Gasteiger partial charge is 0.332 e. The maximum Gasteiger partial charge on any atom is 0.332 e. The summed E-state index contributed by atoms with van der Waals surface area (Å²) in [5, 5.41) is 12.4. The SMILES string of the molecule is COC(=O)/C=C1\[C@@H](NC(=O)Cc2ccccc2)[C@H]2SC(C)(C)[C@H](C(=O)O)N12. The van der Waals surface area contributed by atoms with E-state index in [-0.39, 0.29) is 17.7 Å². The van der Waals surface area contributed by atoms with E-state index in [4.69, 9.17) is 4.74 Å². The van der Waals surface area contributed by atoms with Crippen LogP contribution in [0.25, 0.3) is 0 Å². The summed E-state index contributed by atoms with van der Waals surface area (Å²) in [6.45, 7) is 3.71. The molecule has 144 valence electrons. The third-order valence-electron chi connectivity index (χ3n) is 4.76. The molecule has 2 fully saturated rings. The highest BCUT2D eigenvalue weighted by atomic mass is 32.2. The standard InChI is InChI=1S/C19H22N2O5S/c1-19(2)16(18(24)25)21-12(10-14(23)26-3)15(17(21)27-19)20-13(22)9-11-7-5-4-6-8-11/h4-8,10,15-17H,9H2,1-3H3,(H,20,22)(H,24,25)/b12-10+/t15-,16+,17-/m1/s1. The average Bonchev–Trinajstić information content (AvgIpc) is 2.86. The van der Waals surface area contributed by atoms with Crippen LogP contribution in [0.1, 0.15) is 19.4 Å². The minimum atomic E-state index is -0.958. The van der Waals surface area contributed by atoms with E-state index in [2.05, 4.69) is 5.32 Å². The zero-order valence-electron chi connectivity index (χ0n) is 15.3. The number of rotatable bonds is 5. The summed E-state index contributed by atoms with van der Waals surface area (Å²) in [5.41, 5.74) is 1.35. The number of carboxylic acid groups (broad SMARTS) is 1. The molecule has 2 aliphatic rings. The molecule has 0 aromatic heterocycles. The minimum Gasteiger partial charge on any atom is -0.480 e. The minimum absolute atomic E-state index is 0.182. The fourth-order valence-corrected chi connectivity index (χ4v) is 5.24. The molecule has 0 radical (unpaired) electrons. The van der Waals surface area contributed by atoms with Gasteiger partial charge >= 0.3 is 11.9 Å². The van der Waals surface area contributed by atoms with Crippen LogP contribution in [0.5, 0.6) is 0 Å². The van der Waals surface area contributed by atoms with Crippen LogP contribution in [0.15, 0.2) is 42.1 Å². The average molecular weight is 390 g/mol. The molecule has 3 rings (SSSR count). The van der Waals surface area contributed by atoms with E-state index in [0.29, 0.717) is 5.70 Å². The number of nitrogens with one attached hydrogen (secondary N) is 1. The van der Waals surface area contributed by atoms with Crippen molar-refractivity contribution in [1.29, 1.82) is 0 Å². The molecule has 0 bridgehead atoms. The van der Waals surface area contributed by atoms with Crippen LogP contribution in [0.4, 0.5) is 0 Å². The Hall–Kier alpha value is -2.48. The first-order valence-corrected chi connectivity index (χ1v) is 9.44. The lowest BCUT2D eigenvalue weighted by atomic mass is 9.93. The first-order valence-electron chi connectivity index (χ1n) is 8.56. The predicted octanol–water partition coefficient (Wildman–Crippen LogP) is 1.39. The molecule has 2 aliphatic heterocycles. The molecule has 2 heterocycles. The number of amides is 1. The second kappa shape index (κ2) is 7.26. The number of benzene rings is 1. The van der Waals surface area contributed by atoms with Gasteiger partial charge in [-0.25, -0.2) is 9.59 Å². The van der Waals surface area contributed by atoms with Crippen LogP contribution in [0.2, 0.25) is 0 Å². The van der Waals surface area contributed by atoms with Crippen molar-refractivity contribution in [3.05, 3.63) is 47.7 Å². The number of carboxylic acids is 1. The van der Waals surface area contributed by atoms with Gasteiger partial charge in [0.2, 0.25) is 5.91 Å². The molecular formula is C19H22N2O5S. The zero-order valence-corrected chi connectivity index (χ0v) is 16.2. The second-order valence-electron chi connectivity index (χ2n) is 7.06. The molecule has 0 aliphatic carbocycles. The van der Waals surface area contributed by atoms with E-state index in [9.17, 15) is 19.5 Å². The van der Waals surface area contributed by atoms with E-state index in [1.807, 2.05) is 44.2 Å². The highest BCUT2D eigenvalue weighted by molar-refractivity contribution is 8.01. The number of nitrogens with zero attached hydrogens (tertiary/aromatic N) is 1. The molecule has 0 saturated carbocycles. The molecule has 27 heavy (non-hydrogen) atoms. The highest BCUT2D eigenvalue weighted by Gasteiger charge is 2.61. The van der Waals surface area contributed by atoms with Crippen molar-refractivity contribution in [3.63, 3.8) is 0 Å². The number of carbonyl (C=O) groups excluding carboxylic acids is 2. The predicted molar refractivity (Wildman–Crippen MR) is 101 cm³/mol. The van der Waals surface area contributed by atoms with Crippen LogP contribution in [-0.2, 0) is 25.5 Å². The number of ether oxygens (including phenoxy) is 1. The van der Waals surface area contributed by atoms with Gasteiger partial charge in [-0.2, -0.15) is 0 Å². The Morgan fingerprint density at radius 3 is 2.56 bits per heavy atom. The van der Waals surface area contributed by atoms with Crippen molar-refractivity contribution in [2.75, 3.05) is 7.11 Å². The summed E-state index contributed by atoms with van der Waals surface area (Å²) in [4.78, 5) is 37.7. The van der Waals surface area contributed by atoms with Crippen molar-refractivity contribution < 1.29 is 24.2 Å². The third-order valence-corrected chi connectivity index (χ3v) is 6.33. The first kappa shape index (κ1) is 19.3. The largest absolute Gasteiger partial charge is 0.480 e. The van der Waals surface area contributed by atoms with Gasteiger partial charge in [0.1, 0.15) is 11.4 Å².